The van der Waals surface area contributed by atoms with Crippen LogP contribution < -0.4 is 5.32 Å². The number of benzene rings is 1. The van der Waals surface area contributed by atoms with E-state index in [0.717, 1.165) is 37.2 Å². The first-order valence-corrected chi connectivity index (χ1v) is 9.52. The molecule has 1 N–H and O–H groups in total. The highest BCUT2D eigenvalue weighted by atomic mass is 16.5. The van der Waals surface area contributed by atoms with Gasteiger partial charge in [0.15, 0.2) is 0 Å². The van der Waals surface area contributed by atoms with Gasteiger partial charge in [-0.25, -0.2) is 4.98 Å². The summed E-state index contributed by atoms with van der Waals surface area (Å²) in [6.07, 6.45) is 7.59. The maximum atomic E-state index is 12.9. The minimum atomic E-state index is -0.337. The van der Waals surface area contributed by atoms with Gasteiger partial charge in [0.05, 0.1) is 23.7 Å². The third-order valence-corrected chi connectivity index (χ3v) is 6.43. The standard InChI is InChI=1S/C21H27N3O2/c1-4-21-10-9-20(13-21,14-26-21)19(25)23-18-7-5-17(6-8-18)15(2)24-12-11-22-16(24)3/h5-8,11-12,15H,4,9-10,13-14H2,1-3H3,(H,23,25)/t15-,20+,21+/m1/s1. The van der Waals surface area contributed by atoms with Crippen LogP contribution in [0.3, 0.4) is 0 Å². The summed E-state index contributed by atoms with van der Waals surface area (Å²) in [7, 11) is 0. The SMILES string of the molecule is CC[C@@]12CC[C@@](C(=O)Nc3ccc([C@@H](C)n4ccnc4C)cc3)(CO1)C2. The van der Waals surface area contributed by atoms with Gasteiger partial charge in [-0.05, 0) is 57.2 Å². The van der Waals surface area contributed by atoms with Gasteiger partial charge < -0.3 is 14.6 Å². The van der Waals surface area contributed by atoms with Crippen molar-refractivity contribution in [2.45, 2.75) is 58.1 Å². The quantitative estimate of drug-likeness (QED) is 0.881. The van der Waals surface area contributed by atoms with Gasteiger partial charge in [-0.15, -0.1) is 0 Å². The van der Waals surface area contributed by atoms with E-state index in [9.17, 15) is 4.79 Å². The molecule has 1 aliphatic heterocycles. The van der Waals surface area contributed by atoms with Crippen molar-refractivity contribution in [1.29, 1.82) is 0 Å². The van der Waals surface area contributed by atoms with Crippen molar-refractivity contribution in [2.75, 3.05) is 11.9 Å². The first-order chi connectivity index (χ1) is 12.5. The lowest BCUT2D eigenvalue weighted by molar-refractivity contribution is -0.127. The lowest BCUT2D eigenvalue weighted by atomic mass is 9.86. The van der Waals surface area contributed by atoms with Crippen molar-refractivity contribution >= 4 is 11.6 Å². The number of nitrogens with one attached hydrogen (secondary N) is 1. The Balaban J connectivity index is 1.45. The number of carbonyl (C=O) groups excluding carboxylic acids is 1. The molecule has 3 atom stereocenters. The summed E-state index contributed by atoms with van der Waals surface area (Å²) in [4.78, 5) is 17.2. The number of aryl methyl sites for hydroxylation is 1. The Bertz CT molecular complexity index is 801. The van der Waals surface area contributed by atoms with E-state index in [1.54, 1.807) is 0 Å². The highest BCUT2D eigenvalue weighted by molar-refractivity contribution is 5.96. The van der Waals surface area contributed by atoms with Crippen LogP contribution in [0.25, 0.3) is 0 Å². The zero-order valence-electron chi connectivity index (χ0n) is 15.8. The monoisotopic (exact) mass is 353 g/mol. The number of hydrogen-bond donors (Lipinski definition) is 1. The van der Waals surface area contributed by atoms with Crippen molar-refractivity contribution < 1.29 is 9.53 Å². The molecule has 5 nitrogen and oxygen atoms in total. The molecule has 2 heterocycles. The van der Waals surface area contributed by atoms with E-state index in [1.165, 1.54) is 5.56 Å². The average Bonchev–Trinajstić information content (AvgIpc) is 3.36. The Labute approximate surface area is 154 Å². The highest BCUT2D eigenvalue weighted by Gasteiger charge is 2.58. The molecule has 2 fully saturated rings. The summed E-state index contributed by atoms with van der Waals surface area (Å²) < 4.78 is 8.13. The molecule has 26 heavy (non-hydrogen) atoms. The van der Waals surface area contributed by atoms with Crippen molar-refractivity contribution in [2.24, 2.45) is 5.41 Å². The first-order valence-electron chi connectivity index (χ1n) is 9.52. The van der Waals surface area contributed by atoms with Crippen molar-refractivity contribution in [3.63, 3.8) is 0 Å². The number of hydrogen-bond acceptors (Lipinski definition) is 3. The first kappa shape index (κ1) is 17.3. The lowest BCUT2D eigenvalue weighted by Gasteiger charge is -2.27. The normalized spacial score (nSPS) is 28.3. The maximum absolute atomic E-state index is 12.9. The van der Waals surface area contributed by atoms with Gasteiger partial charge in [-0.1, -0.05) is 19.1 Å². The van der Waals surface area contributed by atoms with Crippen LogP contribution in [-0.2, 0) is 9.53 Å². The fraction of sp³-hybridized carbons (Fsp3) is 0.524. The largest absolute Gasteiger partial charge is 0.374 e. The molecule has 1 aromatic heterocycles. The number of amides is 1. The van der Waals surface area contributed by atoms with Gasteiger partial charge in [0, 0.05) is 18.1 Å². The molecule has 2 bridgehead atoms. The fourth-order valence-corrected chi connectivity index (χ4v) is 4.53. The number of carbonyl (C=O) groups is 1. The predicted molar refractivity (Wildman–Crippen MR) is 101 cm³/mol. The van der Waals surface area contributed by atoms with Gasteiger partial charge in [0.2, 0.25) is 5.91 Å². The van der Waals surface area contributed by atoms with Crippen LogP contribution in [0.15, 0.2) is 36.7 Å². The Morgan fingerprint density at radius 3 is 2.65 bits per heavy atom. The molecule has 2 aromatic rings. The number of fused-ring (bicyclic) bond motifs is 2. The highest BCUT2D eigenvalue weighted by Crippen LogP contribution is 2.54. The summed E-state index contributed by atoms with van der Waals surface area (Å²) in [6.45, 7) is 6.87. The van der Waals surface area contributed by atoms with Crippen LogP contribution in [0.5, 0.6) is 0 Å². The van der Waals surface area contributed by atoms with E-state index in [1.807, 2.05) is 31.5 Å². The molecule has 5 heteroatoms. The number of nitrogens with zero attached hydrogens (tertiary/aromatic N) is 2. The summed E-state index contributed by atoms with van der Waals surface area (Å²) in [5.41, 5.74) is 1.65. The van der Waals surface area contributed by atoms with E-state index in [-0.39, 0.29) is 23.0 Å². The molecule has 1 amide bonds. The van der Waals surface area contributed by atoms with Crippen LogP contribution in [0.2, 0.25) is 0 Å². The fourth-order valence-electron chi connectivity index (χ4n) is 4.53. The van der Waals surface area contributed by atoms with E-state index in [4.69, 9.17) is 4.74 Å². The second-order valence-electron chi connectivity index (χ2n) is 7.92. The summed E-state index contributed by atoms with van der Waals surface area (Å²) in [6, 6.07) is 8.35. The molecule has 2 aliphatic rings. The number of ether oxygens (including phenoxy) is 1. The molecular weight excluding hydrogens is 326 g/mol. The zero-order chi connectivity index (χ0) is 18.4. The number of rotatable bonds is 5. The van der Waals surface area contributed by atoms with Gasteiger partial charge >= 0.3 is 0 Å². The second-order valence-corrected chi connectivity index (χ2v) is 7.92. The smallest absolute Gasteiger partial charge is 0.233 e. The Hall–Kier alpha value is -2.14. The minimum Gasteiger partial charge on any atom is -0.374 e. The Morgan fingerprint density at radius 2 is 2.12 bits per heavy atom. The molecular formula is C21H27N3O2. The third kappa shape index (κ3) is 2.75. The molecule has 0 spiro atoms. The van der Waals surface area contributed by atoms with Crippen LogP contribution in [0, 0.1) is 12.3 Å². The van der Waals surface area contributed by atoms with Crippen molar-refractivity contribution in [3.8, 4) is 0 Å². The molecule has 1 aliphatic carbocycles. The van der Waals surface area contributed by atoms with Crippen LogP contribution in [-0.4, -0.2) is 27.7 Å². The molecule has 0 unspecified atom stereocenters. The van der Waals surface area contributed by atoms with E-state index in [2.05, 4.69) is 40.8 Å². The van der Waals surface area contributed by atoms with E-state index < -0.39 is 0 Å². The van der Waals surface area contributed by atoms with E-state index in [0.29, 0.717) is 6.61 Å². The summed E-state index contributed by atoms with van der Waals surface area (Å²) in [5, 5.41) is 3.12. The number of imidazole rings is 1. The van der Waals surface area contributed by atoms with Gasteiger partial charge in [0.1, 0.15) is 5.82 Å². The second kappa shape index (κ2) is 6.23. The van der Waals surface area contributed by atoms with Crippen LogP contribution in [0.4, 0.5) is 5.69 Å². The predicted octanol–water partition coefficient (Wildman–Crippen LogP) is 4.09. The lowest BCUT2D eigenvalue weighted by Crippen LogP contribution is -2.35. The molecule has 138 valence electrons. The van der Waals surface area contributed by atoms with Gasteiger partial charge in [0.25, 0.3) is 0 Å². The Morgan fingerprint density at radius 1 is 1.35 bits per heavy atom. The van der Waals surface area contributed by atoms with Crippen LogP contribution >= 0.6 is 0 Å². The van der Waals surface area contributed by atoms with E-state index >= 15 is 0 Å². The zero-order valence-corrected chi connectivity index (χ0v) is 15.8. The number of anilines is 1. The number of aromatic nitrogens is 2. The average molecular weight is 353 g/mol. The summed E-state index contributed by atoms with van der Waals surface area (Å²) >= 11 is 0. The molecule has 4 rings (SSSR count). The molecule has 1 saturated heterocycles. The molecule has 1 saturated carbocycles. The topological polar surface area (TPSA) is 56.2 Å². The van der Waals surface area contributed by atoms with Crippen molar-refractivity contribution in [3.05, 3.63) is 48.0 Å². The van der Waals surface area contributed by atoms with Crippen molar-refractivity contribution in [1.82, 2.24) is 9.55 Å². The third-order valence-electron chi connectivity index (χ3n) is 6.43. The molecule has 1 aromatic carbocycles. The van der Waals surface area contributed by atoms with Gasteiger partial charge in [-0.3, -0.25) is 4.79 Å². The Kier molecular flexibility index (Phi) is 4.14. The van der Waals surface area contributed by atoms with Crippen LogP contribution in [0.1, 0.15) is 57.0 Å². The van der Waals surface area contributed by atoms with Gasteiger partial charge in [-0.2, -0.15) is 0 Å². The maximum Gasteiger partial charge on any atom is 0.233 e. The molecule has 0 radical (unpaired) electrons. The minimum absolute atomic E-state index is 0.0563. The summed E-state index contributed by atoms with van der Waals surface area (Å²) in [5.74, 6) is 1.10.